The van der Waals surface area contributed by atoms with E-state index < -0.39 is 15.9 Å². The topological polar surface area (TPSA) is 54.4 Å². The van der Waals surface area contributed by atoms with Crippen molar-refractivity contribution >= 4 is 21.6 Å². The first-order valence-corrected chi connectivity index (χ1v) is 8.75. The Morgan fingerprint density at radius 1 is 1.26 bits per heavy atom. The molecule has 1 unspecified atom stereocenters. The van der Waals surface area contributed by atoms with E-state index in [-0.39, 0.29) is 15.1 Å². The molecule has 0 fully saturated rings. The first kappa shape index (κ1) is 16.3. The van der Waals surface area contributed by atoms with Crippen molar-refractivity contribution < 1.29 is 13.5 Å². The Hall–Kier alpha value is -0.780. The van der Waals surface area contributed by atoms with Gasteiger partial charge in [-0.15, -0.1) is 11.8 Å². The van der Waals surface area contributed by atoms with Crippen LogP contribution >= 0.6 is 11.8 Å². The summed E-state index contributed by atoms with van der Waals surface area (Å²) in [4.78, 5) is 0.259. The molecule has 106 valence electrons. The van der Waals surface area contributed by atoms with Crippen molar-refractivity contribution in [2.75, 3.05) is 6.26 Å². The Kier molecular flexibility index (Phi) is 5.64. The SMILES string of the molecule is CS/C(=C\C(O)C(C)C)S(=O)(=O)c1ccc(C)cc1. The number of benzene rings is 1. The highest BCUT2D eigenvalue weighted by atomic mass is 32.3. The minimum atomic E-state index is -3.53. The molecule has 0 amide bonds. The summed E-state index contributed by atoms with van der Waals surface area (Å²) < 4.78 is 25.1. The van der Waals surface area contributed by atoms with Gasteiger partial charge in [-0.1, -0.05) is 31.5 Å². The highest BCUT2D eigenvalue weighted by Gasteiger charge is 2.21. The van der Waals surface area contributed by atoms with Crippen molar-refractivity contribution in [1.82, 2.24) is 0 Å². The van der Waals surface area contributed by atoms with Crippen molar-refractivity contribution in [1.29, 1.82) is 0 Å². The number of thioether (sulfide) groups is 1. The Morgan fingerprint density at radius 2 is 1.79 bits per heavy atom. The molecule has 0 aromatic heterocycles. The molecule has 1 rings (SSSR count). The molecule has 0 radical (unpaired) electrons. The lowest BCUT2D eigenvalue weighted by molar-refractivity contribution is 0.172. The first-order chi connectivity index (χ1) is 8.78. The quantitative estimate of drug-likeness (QED) is 0.908. The van der Waals surface area contributed by atoms with Crippen LogP contribution in [0.3, 0.4) is 0 Å². The molecule has 0 aliphatic carbocycles. The second-order valence-corrected chi connectivity index (χ2v) is 7.77. The van der Waals surface area contributed by atoms with Crippen molar-refractivity contribution in [2.45, 2.75) is 31.8 Å². The van der Waals surface area contributed by atoms with Crippen LogP contribution in [0.2, 0.25) is 0 Å². The van der Waals surface area contributed by atoms with Gasteiger partial charge in [-0.05, 0) is 37.3 Å². The maximum atomic E-state index is 12.4. The highest BCUT2D eigenvalue weighted by molar-refractivity contribution is 8.18. The second kappa shape index (κ2) is 6.59. The second-order valence-electron chi connectivity index (χ2n) is 4.74. The molecule has 0 spiro atoms. The predicted molar refractivity (Wildman–Crippen MR) is 80.8 cm³/mol. The first-order valence-electron chi connectivity index (χ1n) is 6.04. The predicted octanol–water partition coefficient (Wildman–Crippen LogP) is 2.99. The van der Waals surface area contributed by atoms with Crippen LogP contribution in [-0.4, -0.2) is 25.9 Å². The molecule has 1 N–H and O–H groups in total. The van der Waals surface area contributed by atoms with Crippen molar-refractivity contribution in [3.63, 3.8) is 0 Å². The van der Waals surface area contributed by atoms with E-state index in [1.54, 1.807) is 30.5 Å². The van der Waals surface area contributed by atoms with E-state index in [9.17, 15) is 13.5 Å². The average Bonchev–Trinajstić information content (AvgIpc) is 2.35. The van der Waals surface area contributed by atoms with Gasteiger partial charge in [0, 0.05) is 0 Å². The van der Waals surface area contributed by atoms with Crippen molar-refractivity contribution in [2.24, 2.45) is 5.92 Å². The van der Waals surface area contributed by atoms with E-state index in [0.29, 0.717) is 0 Å². The summed E-state index contributed by atoms with van der Waals surface area (Å²) in [6, 6.07) is 6.72. The van der Waals surface area contributed by atoms with Crippen LogP contribution in [0.25, 0.3) is 0 Å². The van der Waals surface area contributed by atoms with Crippen LogP contribution in [0, 0.1) is 12.8 Å². The van der Waals surface area contributed by atoms with Gasteiger partial charge >= 0.3 is 0 Å². The van der Waals surface area contributed by atoms with Gasteiger partial charge in [-0.25, -0.2) is 8.42 Å². The van der Waals surface area contributed by atoms with Crippen LogP contribution in [0.15, 0.2) is 39.5 Å². The minimum absolute atomic E-state index is 0.0182. The molecule has 0 aliphatic heterocycles. The van der Waals surface area contributed by atoms with Crippen molar-refractivity contribution in [3.05, 3.63) is 40.1 Å². The number of aliphatic hydroxyl groups is 1. The number of hydrogen-bond acceptors (Lipinski definition) is 4. The fraction of sp³-hybridized carbons (Fsp3) is 0.429. The summed E-state index contributed by atoms with van der Waals surface area (Å²) in [5.74, 6) is -0.0182. The molecule has 1 aromatic carbocycles. The monoisotopic (exact) mass is 300 g/mol. The number of rotatable bonds is 5. The molecule has 3 nitrogen and oxygen atoms in total. The smallest absolute Gasteiger partial charge is 0.212 e. The summed E-state index contributed by atoms with van der Waals surface area (Å²) in [6.07, 6.45) is 2.36. The maximum absolute atomic E-state index is 12.4. The number of hydrogen-bond donors (Lipinski definition) is 1. The lowest BCUT2D eigenvalue weighted by Gasteiger charge is -2.13. The van der Waals surface area contributed by atoms with Gasteiger partial charge in [0.2, 0.25) is 9.84 Å². The van der Waals surface area contributed by atoms with Crippen molar-refractivity contribution in [3.8, 4) is 0 Å². The lowest BCUT2D eigenvalue weighted by atomic mass is 10.1. The van der Waals surface area contributed by atoms with E-state index in [1.807, 2.05) is 20.8 Å². The van der Waals surface area contributed by atoms with E-state index in [4.69, 9.17) is 0 Å². The van der Waals surface area contributed by atoms with Gasteiger partial charge in [0.15, 0.2) is 0 Å². The van der Waals surface area contributed by atoms with Crippen LogP contribution in [0.5, 0.6) is 0 Å². The molecular formula is C14H20O3S2. The Bertz CT molecular complexity index is 543. The maximum Gasteiger partial charge on any atom is 0.212 e. The fourth-order valence-electron chi connectivity index (χ4n) is 1.43. The Morgan fingerprint density at radius 3 is 2.21 bits per heavy atom. The molecule has 0 saturated carbocycles. The molecule has 1 atom stereocenters. The van der Waals surface area contributed by atoms with Gasteiger partial charge in [0.1, 0.15) is 4.24 Å². The van der Waals surface area contributed by atoms with Crippen LogP contribution in [0.4, 0.5) is 0 Å². The summed E-state index contributed by atoms with van der Waals surface area (Å²) >= 11 is 1.13. The van der Waals surface area contributed by atoms with Crippen LogP contribution < -0.4 is 0 Å². The summed E-state index contributed by atoms with van der Waals surface area (Å²) in [6.45, 7) is 5.60. The van der Waals surface area contributed by atoms with Crippen LogP contribution in [-0.2, 0) is 9.84 Å². The van der Waals surface area contributed by atoms with E-state index >= 15 is 0 Å². The molecular weight excluding hydrogens is 280 g/mol. The number of sulfone groups is 1. The Balaban J connectivity index is 3.19. The van der Waals surface area contributed by atoms with Gasteiger partial charge in [-0.2, -0.15) is 0 Å². The third kappa shape index (κ3) is 4.09. The average molecular weight is 300 g/mol. The van der Waals surface area contributed by atoms with E-state index in [2.05, 4.69) is 0 Å². The molecule has 1 aromatic rings. The molecule has 0 bridgehead atoms. The summed E-state index contributed by atoms with van der Waals surface area (Å²) in [5.41, 5.74) is 1.01. The van der Waals surface area contributed by atoms with E-state index in [0.717, 1.165) is 17.3 Å². The molecule has 19 heavy (non-hydrogen) atoms. The zero-order chi connectivity index (χ0) is 14.6. The summed E-state index contributed by atoms with van der Waals surface area (Å²) in [5, 5.41) is 9.83. The normalized spacial score (nSPS) is 14.7. The number of aliphatic hydroxyl groups excluding tert-OH is 1. The third-order valence-corrected chi connectivity index (χ3v) is 6.04. The van der Waals surface area contributed by atoms with Gasteiger partial charge in [-0.3, -0.25) is 0 Å². The number of aryl methyl sites for hydroxylation is 1. The molecule has 0 heterocycles. The van der Waals surface area contributed by atoms with Crippen LogP contribution in [0.1, 0.15) is 19.4 Å². The largest absolute Gasteiger partial charge is 0.389 e. The third-order valence-electron chi connectivity index (χ3n) is 2.79. The standard InChI is InChI=1S/C14H20O3S2/c1-10(2)13(15)9-14(18-4)19(16,17)12-7-5-11(3)6-8-12/h5-10,13,15H,1-4H3/b14-9+. The zero-order valence-electron chi connectivity index (χ0n) is 11.6. The highest BCUT2D eigenvalue weighted by Crippen LogP contribution is 2.28. The summed E-state index contributed by atoms with van der Waals surface area (Å²) in [7, 11) is -3.53. The minimum Gasteiger partial charge on any atom is -0.389 e. The van der Waals surface area contributed by atoms with E-state index in [1.165, 1.54) is 6.08 Å². The fourth-order valence-corrected chi connectivity index (χ4v) is 3.92. The molecule has 5 heteroatoms. The lowest BCUT2D eigenvalue weighted by Crippen LogP contribution is -2.14. The molecule has 0 aliphatic rings. The zero-order valence-corrected chi connectivity index (χ0v) is 13.3. The molecule has 0 saturated heterocycles. The Labute approximate surface area is 119 Å². The van der Waals surface area contributed by atoms with Gasteiger partial charge < -0.3 is 5.11 Å². The van der Waals surface area contributed by atoms with Gasteiger partial charge in [0.25, 0.3) is 0 Å². The van der Waals surface area contributed by atoms with Gasteiger partial charge in [0.05, 0.1) is 11.0 Å².